The van der Waals surface area contributed by atoms with Gasteiger partial charge in [0.2, 0.25) is 7.85 Å². The predicted octanol–water partition coefficient (Wildman–Crippen LogP) is 1.18. The molecule has 0 atom stereocenters. The van der Waals surface area contributed by atoms with Crippen LogP contribution in [0.5, 0.6) is 0 Å². The minimum absolute atomic E-state index is 0.434. The van der Waals surface area contributed by atoms with E-state index in [9.17, 15) is 0 Å². The van der Waals surface area contributed by atoms with Crippen molar-refractivity contribution in [2.24, 2.45) is 0 Å². The van der Waals surface area contributed by atoms with Crippen molar-refractivity contribution in [1.29, 1.82) is 0 Å². The molecule has 0 bridgehead atoms. The molecule has 2 nitrogen and oxygen atoms in total. The molecule has 0 aliphatic rings. The molecule has 0 fully saturated rings. The van der Waals surface area contributed by atoms with E-state index in [0.717, 1.165) is 17.2 Å². The summed E-state index contributed by atoms with van der Waals surface area (Å²) in [6.07, 6.45) is 0. The summed E-state index contributed by atoms with van der Waals surface area (Å²) >= 11 is 0. The van der Waals surface area contributed by atoms with Gasteiger partial charge >= 0.3 is 0 Å². The van der Waals surface area contributed by atoms with Crippen molar-refractivity contribution >= 4 is 13.6 Å². The summed E-state index contributed by atoms with van der Waals surface area (Å²) in [5.74, 6) is 2.72. The Kier molecular flexibility index (Phi) is 2.60. The van der Waals surface area contributed by atoms with Gasteiger partial charge in [-0.15, -0.1) is 0 Å². The molecule has 0 N–H and O–H groups in total. The zero-order valence-corrected chi connectivity index (χ0v) is 8.51. The van der Waals surface area contributed by atoms with E-state index in [0.29, 0.717) is 11.8 Å². The fourth-order valence-corrected chi connectivity index (χ4v) is 1.29. The topological polar surface area (TPSA) is 26.0 Å². The second-order valence-electron chi connectivity index (χ2n) is 3.79. The summed E-state index contributed by atoms with van der Waals surface area (Å²) in [5.41, 5.74) is 1.11. The van der Waals surface area contributed by atoms with Crippen LogP contribution in [0.2, 0.25) is 0 Å². The van der Waals surface area contributed by atoms with Gasteiger partial charge in [-0.3, -0.25) is 0 Å². The fraction of sp³-hybridized carbons (Fsp3) is 0.667. The average molecular weight is 165 g/mol. The van der Waals surface area contributed by atoms with Crippen LogP contribution in [0.4, 0.5) is 0 Å². The van der Waals surface area contributed by atoms with Crippen molar-refractivity contribution in [2.75, 3.05) is 0 Å². The van der Waals surface area contributed by atoms with E-state index in [1.54, 1.807) is 0 Å². The van der Waals surface area contributed by atoms with Crippen LogP contribution >= 0.6 is 0 Å². The molecule has 0 aliphatic carbocycles. The highest BCUT2D eigenvalue weighted by Gasteiger charge is 2.16. The van der Waals surface area contributed by atoms with Crippen molar-refractivity contribution in [2.45, 2.75) is 39.5 Å². The van der Waals surface area contributed by atoms with E-state index in [-0.39, 0.29) is 0 Å². The van der Waals surface area contributed by atoms with Crippen LogP contribution in [-0.4, -0.2) is 12.8 Å². The Morgan fingerprint density at radius 1 is 1.17 bits per heavy atom. The van der Waals surface area contributed by atoms with Crippen LogP contribution in [0, 0.1) is 0 Å². The predicted molar refractivity (Wildman–Crippen MR) is 52.9 cm³/mol. The Bertz CT molecular complexity index is 240. The van der Waals surface area contributed by atoms with E-state index in [1.165, 1.54) is 0 Å². The van der Waals surface area contributed by atoms with Crippen LogP contribution in [0.1, 0.15) is 51.0 Å². The highest BCUT2D eigenvalue weighted by atomic mass is 16.3. The number of hydrogen-bond acceptors (Lipinski definition) is 2. The summed E-state index contributed by atoms with van der Waals surface area (Å²) in [7, 11) is 1.90. The monoisotopic (exact) mass is 165 g/mol. The minimum atomic E-state index is 0.434. The average Bonchev–Trinajstić information content (AvgIpc) is 2.31. The second kappa shape index (κ2) is 3.34. The van der Waals surface area contributed by atoms with Crippen molar-refractivity contribution in [3.63, 3.8) is 0 Å². The Labute approximate surface area is 74.8 Å². The molecule has 0 saturated carbocycles. The maximum Gasteiger partial charge on any atom is 0.212 e. The summed E-state index contributed by atoms with van der Waals surface area (Å²) in [5, 5.41) is 0. The molecule has 0 amide bonds. The number of aromatic nitrogens is 1. The van der Waals surface area contributed by atoms with Gasteiger partial charge in [0, 0.05) is 5.92 Å². The fourth-order valence-electron chi connectivity index (χ4n) is 1.29. The van der Waals surface area contributed by atoms with E-state index < -0.39 is 0 Å². The largest absolute Gasteiger partial charge is 0.456 e. The quantitative estimate of drug-likeness (QED) is 0.615. The number of nitrogens with zero attached hydrogens (tertiary/aromatic N) is 1. The summed E-state index contributed by atoms with van der Waals surface area (Å²) < 4.78 is 5.53. The van der Waals surface area contributed by atoms with Gasteiger partial charge in [-0.2, -0.15) is 0 Å². The lowest BCUT2D eigenvalue weighted by Crippen LogP contribution is -2.02. The van der Waals surface area contributed by atoms with Gasteiger partial charge in [0.25, 0.3) is 0 Å². The molecule has 0 aliphatic heterocycles. The SMILES string of the molecule is Bc1nc(C(C)C)c(C(C)C)o1. The van der Waals surface area contributed by atoms with Gasteiger partial charge in [-0.25, -0.2) is 4.98 Å². The van der Waals surface area contributed by atoms with Crippen molar-refractivity contribution in [1.82, 2.24) is 4.98 Å². The van der Waals surface area contributed by atoms with Crippen LogP contribution in [0.3, 0.4) is 0 Å². The number of oxazole rings is 1. The third kappa shape index (κ3) is 1.71. The highest BCUT2D eigenvalue weighted by Crippen LogP contribution is 2.23. The van der Waals surface area contributed by atoms with Crippen LogP contribution in [0.25, 0.3) is 0 Å². The molecule has 3 heteroatoms. The maximum absolute atomic E-state index is 5.53. The van der Waals surface area contributed by atoms with E-state index in [4.69, 9.17) is 4.42 Å². The van der Waals surface area contributed by atoms with Crippen molar-refractivity contribution < 1.29 is 4.42 Å². The second-order valence-corrected chi connectivity index (χ2v) is 3.79. The summed E-state index contributed by atoms with van der Waals surface area (Å²) in [6, 6.07) is 0. The smallest absolute Gasteiger partial charge is 0.212 e. The lowest BCUT2D eigenvalue weighted by Gasteiger charge is -2.05. The van der Waals surface area contributed by atoms with E-state index in [2.05, 4.69) is 32.7 Å². The van der Waals surface area contributed by atoms with Crippen molar-refractivity contribution in [3.05, 3.63) is 11.5 Å². The Hall–Kier alpha value is -0.725. The van der Waals surface area contributed by atoms with Crippen molar-refractivity contribution in [3.8, 4) is 0 Å². The van der Waals surface area contributed by atoms with E-state index >= 15 is 0 Å². The van der Waals surface area contributed by atoms with Gasteiger partial charge in [0.05, 0.1) is 5.69 Å². The lowest BCUT2D eigenvalue weighted by molar-refractivity contribution is 0.502. The molecule has 66 valence electrons. The normalized spacial score (nSPS) is 11.5. The molecule has 0 saturated heterocycles. The first kappa shape index (κ1) is 9.36. The minimum Gasteiger partial charge on any atom is -0.456 e. The lowest BCUT2D eigenvalue weighted by atomic mass is 10.0. The Morgan fingerprint density at radius 2 is 1.75 bits per heavy atom. The third-order valence-corrected chi connectivity index (χ3v) is 1.86. The van der Waals surface area contributed by atoms with Gasteiger partial charge in [-0.1, -0.05) is 27.7 Å². The first-order valence-electron chi connectivity index (χ1n) is 4.49. The van der Waals surface area contributed by atoms with Gasteiger partial charge in [0.1, 0.15) is 11.6 Å². The van der Waals surface area contributed by atoms with Gasteiger partial charge in [0.15, 0.2) is 0 Å². The molecule has 12 heavy (non-hydrogen) atoms. The summed E-state index contributed by atoms with van der Waals surface area (Å²) in [4.78, 5) is 4.36. The molecule has 0 radical (unpaired) electrons. The molecule has 0 spiro atoms. The molecular formula is C9H16BNO. The highest BCUT2D eigenvalue weighted by molar-refractivity contribution is 6.28. The van der Waals surface area contributed by atoms with Gasteiger partial charge < -0.3 is 4.42 Å². The summed E-state index contributed by atoms with van der Waals surface area (Å²) in [6.45, 7) is 8.55. The van der Waals surface area contributed by atoms with Crippen LogP contribution < -0.4 is 5.79 Å². The first-order valence-corrected chi connectivity index (χ1v) is 4.49. The zero-order valence-electron chi connectivity index (χ0n) is 8.51. The standard InChI is InChI=1S/C9H16BNO/c1-5(2)7-8(6(3)4)12-9(10)11-7/h5-6H,10H2,1-4H3. The number of rotatable bonds is 2. The van der Waals surface area contributed by atoms with Crippen LogP contribution in [0.15, 0.2) is 4.42 Å². The molecule has 1 rings (SSSR count). The third-order valence-electron chi connectivity index (χ3n) is 1.86. The zero-order chi connectivity index (χ0) is 9.30. The Morgan fingerprint density at radius 3 is 2.08 bits per heavy atom. The van der Waals surface area contributed by atoms with Gasteiger partial charge in [-0.05, 0) is 5.92 Å². The van der Waals surface area contributed by atoms with E-state index in [1.807, 2.05) is 7.85 Å². The molecule has 0 aromatic carbocycles. The first-order chi connectivity index (χ1) is 5.52. The Balaban J connectivity index is 3.08. The molecule has 1 aromatic rings. The molecular weight excluding hydrogens is 149 g/mol. The molecule has 0 unspecified atom stereocenters. The van der Waals surface area contributed by atoms with Crippen LogP contribution in [-0.2, 0) is 0 Å². The number of hydrogen-bond donors (Lipinski definition) is 0. The molecule has 1 aromatic heterocycles. The maximum atomic E-state index is 5.53. The molecule has 1 heterocycles.